The molecule has 1 N–H and O–H groups in total. The predicted molar refractivity (Wildman–Crippen MR) is 90.8 cm³/mol. The summed E-state index contributed by atoms with van der Waals surface area (Å²) in [4.78, 5) is 24.0. The number of aldehydes is 1. The van der Waals surface area contributed by atoms with E-state index < -0.39 is 0 Å². The van der Waals surface area contributed by atoms with Crippen molar-refractivity contribution in [3.05, 3.63) is 59.3 Å². The molecule has 0 unspecified atom stereocenters. The average Bonchev–Trinajstić information content (AvgIpc) is 2.86. The molecule has 1 aromatic heterocycles. The number of methoxy groups -OCH3 is 1. The molecule has 5 nitrogen and oxygen atoms in total. The van der Waals surface area contributed by atoms with E-state index in [1.807, 2.05) is 19.1 Å². The number of rotatable bonds is 4. The largest absolute Gasteiger partial charge is 0.508 e. The third kappa shape index (κ3) is 2.54. The summed E-state index contributed by atoms with van der Waals surface area (Å²) >= 11 is 0. The van der Waals surface area contributed by atoms with Crippen LogP contribution in [0.15, 0.2) is 42.5 Å². The Hall–Kier alpha value is -3.08. The van der Waals surface area contributed by atoms with Crippen LogP contribution in [-0.4, -0.2) is 29.0 Å². The van der Waals surface area contributed by atoms with Gasteiger partial charge in [0, 0.05) is 23.1 Å². The van der Waals surface area contributed by atoms with Crippen LogP contribution in [0.4, 0.5) is 0 Å². The molecule has 0 fully saturated rings. The lowest BCUT2D eigenvalue weighted by atomic mass is 10.1. The quantitative estimate of drug-likeness (QED) is 0.749. The first-order valence-electron chi connectivity index (χ1n) is 7.52. The minimum Gasteiger partial charge on any atom is -0.508 e. The summed E-state index contributed by atoms with van der Waals surface area (Å²) in [5.74, 6) is 0.565. The summed E-state index contributed by atoms with van der Waals surface area (Å²) < 4.78 is 6.85. The number of carbonyl (C=O) groups excluding carboxylic acids is 2. The van der Waals surface area contributed by atoms with Crippen LogP contribution in [-0.2, 0) is 11.2 Å². The van der Waals surface area contributed by atoms with Crippen LogP contribution in [0.1, 0.15) is 21.6 Å². The van der Waals surface area contributed by atoms with Gasteiger partial charge >= 0.3 is 0 Å². The zero-order valence-corrected chi connectivity index (χ0v) is 13.4. The molecule has 0 atom stereocenters. The van der Waals surface area contributed by atoms with Gasteiger partial charge in [0.2, 0.25) is 0 Å². The molecule has 3 rings (SSSR count). The lowest BCUT2D eigenvalue weighted by Gasteiger charge is -2.08. The molecule has 0 amide bonds. The van der Waals surface area contributed by atoms with E-state index in [0.29, 0.717) is 11.3 Å². The molecule has 0 radical (unpaired) electrons. The summed E-state index contributed by atoms with van der Waals surface area (Å²) in [5.41, 5.74) is 2.72. The molecule has 0 spiro atoms. The first-order valence-corrected chi connectivity index (χ1v) is 7.52. The van der Waals surface area contributed by atoms with Gasteiger partial charge in [0.1, 0.15) is 17.8 Å². The van der Waals surface area contributed by atoms with Gasteiger partial charge in [-0.1, -0.05) is 0 Å². The van der Waals surface area contributed by atoms with Crippen molar-refractivity contribution in [1.82, 2.24) is 4.57 Å². The molecule has 2 aromatic carbocycles. The Labute approximate surface area is 139 Å². The molecule has 1 heterocycles. The van der Waals surface area contributed by atoms with Crippen LogP contribution < -0.4 is 4.74 Å². The number of fused-ring (bicyclic) bond motifs is 1. The minimum atomic E-state index is -0.209. The van der Waals surface area contributed by atoms with Crippen molar-refractivity contribution < 1.29 is 19.4 Å². The zero-order valence-electron chi connectivity index (χ0n) is 13.4. The second kappa shape index (κ2) is 6.20. The Morgan fingerprint density at radius 3 is 2.54 bits per heavy atom. The first-order chi connectivity index (χ1) is 11.6. The molecule has 0 aliphatic carbocycles. The molecular formula is C19H17NO4. The Kier molecular flexibility index (Phi) is 4.08. The van der Waals surface area contributed by atoms with Gasteiger partial charge in [-0.3, -0.25) is 9.36 Å². The Morgan fingerprint density at radius 2 is 1.92 bits per heavy atom. The number of nitrogens with zero attached hydrogens (tertiary/aromatic N) is 1. The maximum absolute atomic E-state index is 12.9. The van der Waals surface area contributed by atoms with Crippen molar-refractivity contribution in [2.75, 3.05) is 7.11 Å². The number of phenols is 1. The lowest BCUT2D eigenvalue weighted by molar-refractivity contribution is -0.107. The van der Waals surface area contributed by atoms with Crippen molar-refractivity contribution in [1.29, 1.82) is 0 Å². The van der Waals surface area contributed by atoms with E-state index in [1.165, 1.54) is 12.1 Å². The maximum Gasteiger partial charge on any atom is 0.262 e. The van der Waals surface area contributed by atoms with Gasteiger partial charge in [-0.25, -0.2) is 0 Å². The second-order valence-corrected chi connectivity index (χ2v) is 5.51. The van der Waals surface area contributed by atoms with Gasteiger partial charge in [0.25, 0.3) is 5.91 Å². The lowest BCUT2D eigenvalue weighted by Crippen LogP contribution is -2.13. The van der Waals surface area contributed by atoms with Gasteiger partial charge in [-0.05, 0) is 55.0 Å². The van der Waals surface area contributed by atoms with Crippen molar-refractivity contribution in [3.63, 3.8) is 0 Å². The van der Waals surface area contributed by atoms with E-state index in [-0.39, 0.29) is 18.1 Å². The highest BCUT2D eigenvalue weighted by atomic mass is 16.5. The fraction of sp³-hybridized carbons (Fsp3) is 0.158. The summed E-state index contributed by atoms with van der Waals surface area (Å²) in [6.07, 6.45) is 1.06. The molecule has 0 saturated carbocycles. The van der Waals surface area contributed by atoms with Gasteiger partial charge < -0.3 is 14.6 Å². The van der Waals surface area contributed by atoms with Gasteiger partial charge in [0.15, 0.2) is 0 Å². The SMILES string of the molecule is COc1ccc2c(c1)c(CC=O)c(C)n2C(=O)c1ccc(O)cc1. The third-order valence-corrected chi connectivity index (χ3v) is 4.15. The molecule has 5 heteroatoms. The standard InChI is InChI=1S/C19H17NO4/c1-12-16(9-10-21)17-11-15(24-2)7-8-18(17)20(12)19(23)13-3-5-14(22)6-4-13/h3-8,10-11,22H,9H2,1-2H3. The summed E-state index contributed by atoms with van der Waals surface area (Å²) in [6, 6.07) is 11.5. The van der Waals surface area contributed by atoms with Crippen LogP contribution in [0.2, 0.25) is 0 Å². The molecule has 3 aromatic rings. The molecule has 122 valence electrons. The average molecular weight is 323 g/mol. The minimum absolute atomic E-state index is 0.104. The number of phenolic OH excluding ortho intramolecular Hbond substituents is 1. The van der Waals surface area contributed by atoms with Crippen LogP contribution >= 0.6 is 0 Å². The number of hydrogen-bond acceptors (Lipinski definition) is 4. The maximum atomic E-state index is 12.9. The van der Waals surface area contributed by atoms with Gasteiger partial charge in [-0.2, -0.15) is 0 Å². The van der Waals surface area contributed by atoms with Crippen molar-refractivity contribution >= 4 is 23.1 Å². The Morgan fingerprint density at radius 1 is 1.21 bits per heavy atom. The van der Waals surface area contributed by atoms with E-state index in [0.717, 1.165) is 28.4 Å². The predicted octanol–water partition coefficient (Wildman–Crippen LogP) is 3.09. The number of benzene rings is 2. The number of aromatic hydroxyl groups is 1. The molecular weight excluding hydrogens is 306 g/mol. The number of carbonyl (C=O) groups is 2. The van der Waals surface area contributed by atoms with E-state index in [1.54, 1.807) is 29.9 Å². The number of hydrogen-bond donors (Lipinski definition) is 1. The highest BCUT2D eigenvalue weighted by Crippen LogP contribution is 2.30. The van der Waals surface area contributed by atoms with E-state index >= 15 is 0 Å². The summed E-state index contributed by atoms with van der Waals surface area (Å²) in [6.45, 7) is 1.82. The molecule has 0 aliphatic heterocycles. The monoisotopic (exact) mass is 323 g/mol. The van der Waals surface area contributed by atoms with E-state index in [2.05, 4.69) is 0 Å². The topological polar surface area (TPSA) is 68.5 Å². The van der Waals surface area contributed by atoms with Crippen LogP contribution in [0.5, 0.6) is 11.5 Å². The highest BCUT2D eigenvalue weighted by Gasteiger charge is 2.20. The molecule has 0 saturated heterocycles. The molecule has 0 aliphatic rings. The van der Waals surface area contributed by atoms with Crippen LogP contribution in [0, 0.1) is 6.92 Å². The Balaban J connectivity index is 2.23. The van der Waals surface area contributed by atoms with Crippen LogP contribution in [0.3, 0.4) is 0 Å². The Bertz CT molecular complexity index is 923. The normalized spacial score (nSPS) is 10.8. The van der Waals surface area contributed by atoms with E-state index in [9.17, 15) is 14.7 Å². The smallest absolute Gasteiger partial charge is 0.262 e. The van der Waals surface area contributed by atoms with Crippen molar-refractivity contribution in [2.45, 2.75) is 13.3 Å². The number of ether oxygens (including phenoxy) is 1. The molecule has 24 heavy (non-hydrogen) atoms. The van der Waals surface area contributed by atoms with Gasteiger partial charge in [0.05, 0.1) is 12.6 Å². The first kappa shape index (κ1) is 15.8. The third-order valence-electron chi connectivity index (χ3n) is 4.15. The zero-order chi connectivity index (χ0) is 17.3. The summed E-state index contributed by atoms with van der Waals surface area (Å²) in [7, 11) is 1.58. The fourth-order valence-corrected chi connectivity index (χ4v) is 2.93. The van der Waals surface area contributed by atoms with E-state index in [4.69, 9.17) is 4.74 Å². The summed E-state index contributed by atoms with van der Waals surface area (Å²) in [5, 5.41) is 10.2. The number of aromatic nitrogens is 1. The molecule has 0 bridgehead atoms. The van der Waals surface area contributed by atoms with Crippen molar-refractivity contribution in [3.8, 4) is 11.5 Å². The highest BCUT2D eigenvalue weighted by molar-refractivity contribution is 6.04. The van der Waals surface area contributed by atoms with Crippen LogP contribution in [0.25, 0.3) is 10.9 Å². The van der Waals surface area contributed by atoms with Crippen molar-refractivity contribution in [2.24, 2.45) is 0 Å². The second-order valence-electron chi connectivity index (χ2n) is 5.51. The fourth-order valence-electron chi connectivity index (χ4n) is 2.93. The van der Waals surface area contributed by atoms with Gasteiger partial charge in [-0.15, -0.1) is 0 Å².